The van der Waals surface area contributed by atoms with E-state index in [4.69, 9.17) is 4.74 Å². The summed E-state index contributed by atoms with van der Waals surface area (Å²) >= 11 is 0. The Balaban J connectivity index is 1.94. The quantitative estimate of drug-likeness (QED) is 0.287. The molecule has 47 heavy (non-hydrogen) atoms. The van der Waals surface area contributed by atoms with Crippen LogP contribution in [0.5, 0.6) is 0 Å². The summed E-state index contributed by atoms with van der Waals surface area (Å²) in [6.45, 7) is 9.72. The predicted octanol–water partition coefficient (Wildman–Crippen LogP) is 3.03. The SMILES string of the molecule is CCCC(C(=O)C(=O)N[C@H](Cc1ccccc1)C(=O)O)N1CC(F)(F)[C@H]2CN(C(=O)[C@@H](NC(=O)OC(C)C)C(C)(C)C)[C@H](C1=O)[C@H]2C. The molecule has 0 saturated carbocycles. The lowest BCUT2D eigenvalue weighted by Gasteiger charge is -2.40. The third-order valence-corrected chi connectivity index (χ3v) is 8.67. The van der Waals surface area contributed by atoms with Crippen molar-refractivity contribution in [1.82, 2.24) is 20.4 Å². The molecule has 2 saturated heterocycles. The molecule has 6 atom stereocenters. The fourth-order valence-corrected chi connectivity index (χ4v) is 6.27. The Kier molecular flexibility index (Phi) is 11.7. The minimum absolute atomic E-state index is 0.139. The van der Waals surface area contributed by atoms with Gasteiger partial charge in [-0.1, -0.05) is 71.4 Å². The van der Waals surface area contributed by atoms with Gasteiger partial charge in [0.1, 0.15) is 24.2 Å². The van der Waals surface area contributed by atoms with Crippen LogP contribution in [0.1, 0.15) is 66.9 Å². The predicted molar refractivity (Wildman–Crippen MR) is 166 cm³/mol. The van der Waals surface area contributed by atoms with Crippen molar-refractivity contribution in [3.05, 3.63) is 35.9 Å². The lowest BCUT2D eigenvalue weighted by molar-refractivity contribution is -0.158. The molecule has 12 nitrogen and oxygen atoms in total. The number of alkyl halides is 2. The second-order valence-electron chi connectivity index (χ2n) is 13.7. The second kappa shape index (κ2) is 14.8. The van der Waals surface area contributed by atoms with Crippen molar-refractivity contribution in [2.24, 2.45) is 17.3 Å². The van der Waals surface area contributed by atoms with E-state index in [9.17, 15) is 33.9 Å². The van der Waals surface area contributed by atoms with E-state index >= 15 is 8.78 Å². The number of carbonyl (C=O) groups excluding carboxylic acids is 5. The van der Waals surface area contributed by atoms with E-state index in [-0.39, 0.29) is 19.3 Å². The monoisotopic (exact) mass is 664 g/mol. The highest BCUT2D eigenvalue weighted by Gasteiger charge is 2.61. The molecule has 1 unspecified atom stereocenters. The number of rotatable bonds is 12. The van der Waals surface area contributed by atoms with Crippen molar-refractivity contribution in [3.63, 3.8) is 0 Å². The number of hydrogen-bond acceptors (Lipinski definition) is 7. The molecule has 14 heteroatoms. The first-order chi connectivity index (χ1) is 21.8. The minimum atomic E-state index is -3.56. The number of ether oxygens (including phenoxy) is 1. The number of Topliss-reactive ketones (excluding diaryl/α,β-unsaturated/α-hetero) is 1. The molecule has 0 aliphatic carbocycles. The van der Waals surface area contributed by atoms with Gasteiger partial charge in [-0.05, 0) is 37.2 Å². The van der Waals surface area contributed by atoms with Gasteiger partial charge in [0.15, 0.2) is 0 Å². The standard InChI is InChI=1S/C33H46F2N4O8/c1-8-12-23(25(40)27(41)36-22(30(44)45)15-20-13-10-9-11-14-20)39-17-33(34,35)21-16-38(24(19(21)4)28(39)42)29(43)26(32(5,6)7)37-31(46)47-18(2)3/h9-11,13-14,18-19,21-24,26H,8,12,15-17H2,1-7H3,(H,36,41)(H,37,46)(H,44,45)/t19-,21-,22+,23?,24-,26+/m0/s1. The van der Waals surface area contributed by atoms with E-state index in [1.807, 2.05) is 0 Å². The zero-order valence-electron chi connectivity index (χ0n) is 27.9. The van der Waals surface area contributed by atoms with Gasteiger partial charge in [-0.3, -0.25) is 19.2 Å². The van der Waals surface area contributed by atoms with Crippen molar-refractivity contribution >= 4 is 35.6 Å². The van der Waals surface area contributed by atoms with Crippen molar-refractivity contribution < 1.29 is 47.4 Å². The molecule has 0 aromatic heterocycles. The van der Waals surface area contributed by atoms with E-state index in [1.54, 1.807) is 71.9 Å². The van der Waals surface area contributed by atoms with E-state index in [2.05, 4.69) is 10.6 Å². The van der Waals surface area contributed by atoms with Gasteiger partial charge < -0.3 is 30.3 Å². The first kappa shape index (κ1) is 37.4. The summed E-state index contributed by atoms with van der Waals surface area (Å²) in [5, 5.41) is 14.4. The fourth-order valence-electron chi connectivity index (χ4n) is 6.27. The second-order valence-corrected chi connectivity index (χ2v) is 13.7. The van der Waals surface area contributed by atoms with Crippen LogP contribution in [0.15, 0.2) is 30.3 Å². The number of aliphatic carboxylic acids is 1. The third-order valence-electron chi connectivity index (χ3n) is 8.67. The largest absolute Gasteiger partial charge is 0.480 e. The van der Waals surface area contributed by atoms with Crippen molar-refractivity contribution in [2.75, 3.05) is 13.1 Å². The summed E-state index contributed by atoms with van der Waals surface area (Å²) in [6.07, 6.45) is -1.45. The number of ketones is 1. The molecule has 0 spiro atoms. The van der Waals surface area contributed by atoms with Crippen LogP contribution in [0, 0.1) is 17.3 Å². The van der Waals surface area contributed by atoms with E-state index < -0.39 is 102 Å². The van der Waals surface area contributed by atoms with Gasteiger partial charge in [0.2, 0.25) is 17.6 Å². The number of carbonyl (C=O) groups is 6. The molecule has 1 aromatic carbocycles. The molecule has 3 N–H and O–H groups in total. The molecule has 3 rings (SSSR count). The molecule has 2 aliphatic heterocycles. The van der Waals surface area contributed by atoms with Crippen molar-refractivity contribution in [2.45, 2.75) is 104 Å². The van der Waals surface area contributed by atoms with Gasteiger partial charge >= 0.3 is 12.1 Å². The molecule has 4 amide bonds. The van der Waals surface area contributed by atoms with E-state index in [0.717, 1.165) is 4.90 Å². The zero-order valence-corrected chi connectivity index (χ0v) is 27.9. The number of likely N-dealkylation sites (tertiary alicyclic amines) is 2. The summed E-state index contributed by atoms with van der Waals surface area (Å²) in [6, 6.07) is 2.62. The van der Waals surface area contributed by atoms with Crippen molar-refractivity contribution in [3.8, 4) is 0 Å². The molecule has 2 heterocycles. The fraction of sp³-hybridized carbons (Fsp3) is 0.636. The number of amides is 4. The lowest BCUT2D eigenvalue weighted by Crippen LogP contribution is -2.62. The van der Waals surface area contributed by atoms with Crippen LogP contribution >= 0.6 is 0 Å². The maximum atomic E-state index is 16.0. The highest BCUT2D eigenvalue weighted by atomic mass is 19.3. The smallest absolute Gasteiger partial charge is 0.408 e. The van der Waals surface area contributed by atoms with Gasteiger partial charge in [0.05, 0.1) is 12.6 Å². The highest BCUT2D eigenvalue weighted by molar-refractivity contribution is 6.38. The number of alkyl carbamates (subject to hydrolysis) is 1. The van der Waals surface area contributed by atoms with Crippen LogP contribution in [0.2, 0.25) is 0 Å². The highest BCUT2D eigenvalue weighted by Crippen LogP contribution is 2.45. The number of nitrogens with zero attached hydrogens (tertiary/aromatic N) is 2. The third kappa shape index (κ3) is 8.63. The molecular weight excluding hydrogens is 618 g/mol. The summed E-state index contributed by atoms with van der Waals surface area (Å²) < 4.78 is 37.1. The van der Waals surface area contributed by atoms with Crippen LogP contribution in [-0.4, -0.2) is 99.8 Å². The molecule has 2 fully saturated rings. The Bertz CT molecular complexity index is 1350. The van der Waals surface area contributed by atoms with Crippen LogP contribution in [0.4, 0.5) is 13.6 Å². The van der Waals surface area contributed by atoms with Crippen LogP contribution in [0.3, 0.4) is 0 Å². The lowest BCUT2D eigenvalue weighted by atomic mass is 9.85. The average Bonchev–Trinajstić information content (AvgIpc) is 3.30. The summed E-state index contributed by atoms with van der Waals surface area (Å²) in [4.78, 5) is 81.1. The summed E-state index contributed by atoms with van der Waals surface area (Å²) in [5.41, 5.74) is -0.330. The Labute approximate surface area is 273 Å². The van der Waals surface area contributed by atoms with Crippen LogP contribution in [0.25, 0.3) is 0 Å². The maximum Gasteiger partial charge on any atom is 0.408 e. The molecular formula is C33H46F2N4O8. The first-order valence-electron chi connectivity index (χ1n) is 15.9. The van der Waals surface area contributed by atoms with Gasteiger partial charge in [0, 0.05) is 18.9 Å². The molecule has 1 aromatic rings. The van der Waals surface area contributed by atoms with E-state index in [1.165, 1.54) is 6.92 Å². The van der Waals surface area contributed by atoms with Gasteiger partial charge in [-0.2, -0.15) is 0 Å². The van der Waals surface area contributed by atoms with Gasteiger partial charge in [0.25, 0.3) is 11.8 Å². The Morgan fingerprint density at radius 2 is 1.70 bits per heavy atom. The molecule has 2 bridgehead atoms. The number of carboxylic acids is 1. The Morgan fingerprint density at radius 3 is 2.23 bits per heavy atom. The van der Waals surface area contributed by atoms with Gasteiger partial charge in [-0.25, -0.2) is 18.4 Å². The maximum absolute atomic E-state index is 16.0. The average molecular weight is 665 g/mol. The zero-order chi connectivity index (χ0) is 35.4. The van der Waals surface area contributed by atoms with Crippen LogP contribution < -0.4 is 10.6 Å². The normalized spacial score (nSPS) is 22.6. The topological polar surface area (TPSA) is 162 Å². The Morgan fingerprint density at radius 1 is 1.09 bits per heavy atom. The minimum Gasteiger partial charge on any atom is -0.480 e. The number of nitrogens with one attached hydrogen (secondary N) is 2. The number of halogens is 2. The van der Waals surface area contributed by atoms with Crippen LogP contribution in [-0.2, 0) is 35.1 Å². The molecule has 0 radical (unpaired) electrons. The number of hydrogen-bond donors (Lipinski definition) is 3. The first-order valence-corrected chi connectivity index (χ1v) is 15.9. The molecule has 260 valence electrons. The number of carboxylic acid groups (broad SMARTS) is 1. The number of fused-ring (bicyclic) bond motifs is 2. The number of benzene rings is 1. The summed E-state index contributed by atoms with van der Waals surface area (Å²) in [7, 11) is 0. The van der Waals surface area contributed by atoms with Gasteiger partial charge in [-0.15, -0.1) is 0 Å². The Hall–Kier alpha value is -4.10. The van der Waals surface area contributed by atoms with E-state index in [0.29, 0.717) is 10.5 Å². The van der Waals surface area contributed by atoms with Crippen molar-refractivity contribution in [1.29, 1.82) is 0 Å². The summed E-state index contributed by atoms with van der Waals surface area (Å²) in [5.74, 6) is -11.7. The molecule has 2 aliphatic rings.